The Bertz CT molecular complexity index is 781. The number of carbonyl (C=O) groups is 3. The summed E-state index contributed by atoms with van der Waals surface area (Å²) in [4.78, 5) is 42.4. The fourth-order valence-electron chi connectivity index (χ4n) is 3.89. The molecule has 2 saturated heterocycles. The number of hydrogen-bond acceptors (Lipinski definition) is 5. The van der Waals surface area contributed by atoms with E-state index in [-0.39, 0.29) is 23.3 Å². The van der Waals surface area contributed by atoms with Crippen molar-refractivity contribution >= 4 is 29.2 Å². The largest absolute Gasteiger partial charge is 0.478 e. The number of rotatable bonds is 6. The van der Waals surface area contributed by atoms with Crippen molar-refractivity contribution in [1.29, 1.82) is 0 Å². The number of anilines is 2. The fourth-order valence-corrected chi connectivity index (χ4v) is 3.89. The van der Waals surface area contributed by atoms with Crippen LogP contribution < -0.4 is 10.2 Å². The molecule has 0 aromatic heterocycles. The van der Waals surface area contributed by atoms with Gasteiger partial charge in [0.05, 0.1) is 17.8 Å². The fraction of sp³-hybridized carbons (Fsp3) is 0.591. The van der Waals surface area contributed by atoms with Crippen LogP contribution in [-0.4, -0.2) is 78.5 Å². The first-order valence-corrected chi connectivity index (χ1v) is 10.8. The second kappa shape index (κ2) is 9.93. The predicted molar refractivity (Wildman–Crippen MR) is 116 cm³/mol. The molecule has 0 radical (unpaired) electrons. The third-order valence-corrected chi connectivity index (χ3v) is 5.82. The summed E-state index contributed by atoms with van der Waals surface area (Å²) in [6, 6.07) is 5.12. The van der Waals surface area contributed by atoms with Crippen LogP contribution in [0.25, 0.3) is 0 Å². The lowest BCUT2D eigenvalue weighted by molar-refractivity contribution is -0.133. The Morgan fingerprint density at radius 2 is 1.67 bits per heavy atom. The molecular weight excluding hydrogens is 384 g/mol. The van der Waals surface area contributed by atoms with Gasteiger partial charge in [-0.05, 0) is 37.5 Å². The topological polar surface area (TPSA) is 93.2 Å². The molecule has 2 aliphatic heterocycles. The zero-order valence-corrected chi connectivity index (χ0v) is 17.9. The van der Waals surface area contributed by atoms with Crippen LogP contribution in [0.4, 0.5) is 11.4 Å². The van der Waals surface area contributed by atoms with Crippen LogP contribution in [0.5, 0.6) is 0 Å². The summed E-state index contributed by atoms with van der Waals surface area (Å²) in [7, 11) is 0. The molecule has 0 bridgehead atoms. The van der Waals surface area contributed by atoms with E-state index in [1.165, 1.54) is 6.42 Å². The summed E-state index contributed by atoms with van der Waals surface area (Å²) in [5.74, 6) is -1.30. The van der Waals surface area contributed by atoms with Gasteiger partial charge in [0.25, 0.3) is 0 Å². The van der Waals surface area contributed by atoms with Gasteiger partial charge in [-0.25, -0.2) is 4.79 Å². The van der Waals surface area contributed by atoms with Gasteiger partial charge in [-0.1, -0.05) is 13.8 Å². The van der Waals surface area contributed by atoms with Crippen molar-refractivity contribution in [3.63, 3.8) is 0 Å². The number of nitrogens with one attached hydrogen (secondary N) is 1. The maximum atomic E-state index is 12.5. The van der Waals surface area contributed by atoms with Gasteiger partial charge in [0, 0.05) is 50.9 Å². The van der Waals surface area contributed by atoms with Gasteiger partial charge in [0.1, 0.15) is 0 Å². The highest BCUT2D eigenvalue weighted by Crippen LogP contribution is 2.25. The minimum absolute atomic E-state index is 0.0872. The number of hydrogen-bond donors (Lipinski definition) is 2. The number of carboxylic acids is 1. The molecule has 0 aliphatic carbocycles. The summed E-state index contributed by atoms with van der Waals surface area (Å²) in [6.07, 6.45) is 3.40. The summed E-state index contributed by atoms with van der Waals surface area (Å²) in [6.45, 7) is 8.69. The third kappa shape index (κ3) is 5.50. The van der Waals surface area contributed by atoms with E-state index in [4.69, 9.17) is 0 Å². The molecule has 2 N–H and O–H groups in total. The van der Waals surface area contributed by atoms with Crippen molar-refractivity contribution in [2.75, 3.05) is 56.0 Å². The van der Waals surface area contributed by atoms with Crippen molar-refractivity contribution in [3.8, 4) is 0 Å². The highest BCUT2D eigenvalue weighted by molar-refractivity contribution is 6.01. The number of benzene rings is 1. The van der Waals surface area contributed by atoms with Crippen LogP contribution in [0.2, 0.25) is 0 Å². The van der Waals surface area contributed by atoms with Crippen LogP contribution in [0.3, 0.4) is 0 Å². The molecule has 2 fully saturated rings. The Labute approximate surface area is 177 Å². The first-order valence-electron chi connectivity index (χ1n) is 10.8. The van der Waals surface area contributed by atoms with Gasteiger partial charge in [-0.2, -0.15) is 0 Å². The molecule has 2 heterocycles. The molecule has 164 valence electrons. The highest BCUT2D eigenvalue weighted by Gasteiger charge is 2.24. The van der Waals surface area contributed by atoms with Crippen LogP contribution in [0.15, 0.2) is 18.2 Å². The molecule has 2 aliphatic rings. The van der Waals surface area contributed by atoms with Crippen LogP contribution >= 0.6 is 0 Å². The molecule has 0 atom stereocenters. The van der Waals surface area contributed by atoms with E-state index in [1.54, 1.807) is 26.0 Å². The Morgan fingerprint density at radius 3 is 2.27 bits per heavy atom. The Kier molecular flexibility index (Phi) is 7.31. The number of carboxylic acid groups (broad SMARTS) is 1. The Morgan fingerprint density at radius 1 is 1.00 bits per heavy atom. The van der Waals surface area contributed by atoms with Crippen LogP contribution in [-0.2, 0) is 9.59 Å². The standard InChI is InChI=1S/C22H32N4O4/c1-16(2)21(28)23-19-7-6-17(14-18(19)22(29)30)25-12-10-24(11-13-25)15-20(27)26-8-4-3-5-9-26/h6-7,14,16H,3-5,8-13,15H2,1-2H3,(H,23,28)(H,29,30). The van der Waals surface area contributed by atoms with E-state index in [0.29, 0.717) is 12.2 Å². The molecule has 1 aromatic carbocycles. The molecule has 3 rings (SSSR count). The predicted octanol–water partition coefficient (Wildman–Crippen LogP) is 2.11. The maximum Gasteiger partial charge on any atom is 0.337 e. The van der Waals surface area contributed by atoms with Gasteiger partial charge < -0.3 is 20.2 Å². The zero-order valence-electron chi connectivity index (χ0n) is 17.9. The number of piperidine rings is 1. The second-order valence-corrected chi connectivity index (χ2v) is 8.38. The van der Waals surface area contributed by atoms with Gasteiger partial charge >= 0.3 is 5.97 Å². The number of amides is 2. The van der Waals surface area contributed by atoms with Crippen LogP contribution in [0, 0.1) is 5.92 Å². The van der Waals surface area contributed by atoms with Crippen molar-refractivity contribution in [2.24, 2.45) is 5.92 Å². The lowest BCUT2D eigenvalue weighted by Gasteiger charge is -2.37. The normalized spacial score (nSPS) is 17.8. The number of nitrogens with zero attached hydrogens (tertiary/aromatic N) is 3. The van der Waals surface area contributed by atoms with Crippen LogP contribution in [0.1, 0.15) is 43.5 Å². The minimum atomic E-state index is -1.07. The van der Waals surface area contributed by atoms with E-state index in [1.807, 2.05) is 11.0 Å². The average Bonchev–Trinajstić information content (AvgIpc) is 2.75. The minimum Gasteiger partial charge on any atom is -0.478 e. The van der Waals surface area contributed by atoms with Gasteiger partial charge in [-0.15, -0.1) is 0 Å². The summed E-state index contributed by atoms with van der Waals surface area (Å²) in [5, 5.41) is 12.3. The molecular formula is C22H32N4O4. The quantitative estimate of drug-likeness (QED) is 0.738. The average molecular weight is 417 g/mol. The summed E-state index contributed by atoms with van der Waals surface area (Å²) < 4.78 is 0. The third-order valence-electron chi connectivity index (χ3n) is 5.82. The van der Waals surface area contributed by atoms with E-state index < -0.39 is 5.97 Å². The van der Waals surface area contributed by atoms with E-state index in [0.717, 1.165) is 57.8 Å². The SMILES string of the molecule is CC(C)C(=O)Nc1ccc(N2CCN(CC(=O)N3CCCCC3)CC2)cc1C(=O)O. The monoisotopic (exact) mass is 416 g/mol. The first kappa shape index (κ1) is 22.1. The van der Waals surface area contributed by atoms with Crippen molar-refractivity contribution in [3.05, 3.63) is 23.8 Å². The van der Waals surface area contributed by atoms with Gasteiger partial charge in [0.15, 0.2) is 0 Å². The Hall–Kier alpha value is -2.61. The number of aromatic carboxylic acids is 1. The number of piperazine rings is 1. The van der Waals surface area contributed by atoms with E-state index in [9.17, 15) is 19.5 Å². The van der Waals surface area contributed by atoms with Crippen molar-refractivity contribution < 1.29 is 19.5 Å². The van der Waals surface area contributed by atoms with E-state index >= 15 is 0 Å². The second-order valence-electron chi connectivity index (χ2n) is 8.38. The molecule has 0 spiro atoms. The lowest BCUT2D eigenvalue weighted by Crippen LogP contribution is -2.50. The number of likely N-dealkylation sites (tertiary alicyclic amines) is 1. The van der Waals surface area contributed by atoms with Crippen molar-refractivity contribution in [2.45, 2.75) is 33.1 Å². The van der Waals surface area contributed by atoms with Crippen molar-refractivity contribution in [1.82, 2.24) is 9.80 Å². The van der Waals surface area contributed by atoms with E-state index in [2.05, 4.69) is 15.1 Å². The van der Waals surface area contributed by atoms with Gasteiger partial charge in [-0.3, -0.25) is 14.5 Å². The molecule has 2 amide bonds. The number of carbonyl (C=O) groups excluding carboxylic acids is 2. The first-order chi connectivity index (χ1) is 14.3. The maximum absolute atomic E-state index is 12.5. The lowest BCUT2D eigenvalue weighted by atomic mass is 10.1. The zero-order chi connectivity index (χ0) is 21.7. The molecule has 0 unspecified atom stereocenters. The molecule has 1 aromatic rings. The molecule has 0 saturated carbocycles. The summed E-state index contributed by atoms with van der Waals surface area (Å²) >= 11 is 0. The summed E-state index contributed by atoms with van der Waals surface area (Å²) in [5.41, 5.74) is 1.22. The smallest absolute Gasteiger partial charge is 0.337 e. The highest BCUT2D eigenvalue weighted by atomic mass is 16.4. The molecule has 8 heteroatoms. The van der Waals surface area contributed by atoms with Gasteiger partial charge in [0.2, 0.25) is 11.8 Å². The Balaban J connectivity index is 1.59. The molecule has 30 heavy (non-hydrogen) atoms. The molecule has 8 nitrogen and oxygen atoms in total.